The predicted molar refractivity (Wildman–Crippen MR) is 141 cm³/mol. The average molecular weight is 562 g/mol. The maximum absolute atomic E-state index is 15.9. The van der Waals surface area contributed by atoms with Crippen molar-refractivity contribution in [1.82, 2.24) is 0 Å². The fourth-order valence-corrected chi connectivity index (χ4v) is 9.26. The Hall–Kier alpha value is -2.29. The van der Waals surface area contributed by atoms with E-state index in [-0.39, 0.29) is 36.4 Å². The van der Waals surface area contributed by atoms with Gasteiger partial charge in [0.2, 0.25) is 5.60 Å². The molecule has 1 aliphatic heterocycles. The van der Waals surface area contributed by atoms with Gasteiger partial charge in [0.1, 0.15) is 19.5 Å². The number of halogens is 3. The number of fused-ring (bicyclic) bond motifs is 7. The highest BCUT2D eigenvalue weighted by Gasteiger charge is 2.81. The summed E-state index contributed by atoms with van der Waals surface area (Å²) in [5.41, 5.74) is -2.75. The molecule has 0 bridgehead atoms. The zero-order valence-corrected chi connectivity index (χ0v) is 23.1. The number of nitrogens with zero attached hydrogens (tertiary/aromatic N) is 1. The molecule has 5 aliphatic rings. The minimum Gasteiger partial charge on any atom is -0.461 e. The predicted octanol–water partition coefficient (Wildman–Crippen LogP) is 5.19. The number of allylic oxidation sites excluding steroid dienone is 4. The first-order valence-electron chi connectivity index (χ1n) is 13.6. The summed E-state index contributed by atoms with van der Waals surface area (Å²) in [7, 11) is 0. The lowest BCUT2D eigenvalue weighted by Gasteiger charge is -2.64. The van der Waals surface area contributed by atoms with E-state index in [1.54, 1.807) is 35.4 Å². The van der Waals surface area contributed by atoms with Crippen LogP contribution in [0, 0.1) is 34.0 Å². The van der Waals surface area contributed by atoms with Crippen LogP contribution < -0.4 is 5.06 Å². The third-order valence-electron chi connectivity index (χ3n) is 11.0. The smallest absolute Gasteiger partial charge is 0.342 e. The fourth-order valence-electron chi connectivity index (χ4n) is 9.14. The molecule has 9 heteroatoms. The third-order valence-corrected chi connectivity index (χ3v) is 11.2. The number of hydroxylamine groups is 1. The molecule has 6 rings (SSSR count). The Balaban J connectivity index is 1.45. The van der Waals surface area contributed by atoms with E-state index in [0.29, 0.717) is 29.2 Å². The van der Waals surface area contributed by atoms with E-state index in [2.05, 4.69) is 6.92 Å². The lowest BCUT2D eigenvalue weighted by molar-refractivity contribution is -0.228. The van der Waals surface area contributed by atoms with Crippen molar-refractivity contribution in [3.05, 3.63) is 53.1 Å². The van der Waals surface area contributed by atoms with Crippen molar-refractivity contribution in [2.75, 3.05) is 24.9 Å². The molecule has 0 spiro atoms. The number of esters is 1. The van der Waals surface area contributed by atoms with Gasteiger partial charge in [0.05, 0.1) is 18.3 Å². The van der Waals surface area contributed by atoms with Crippen molar-refractivity contribution >= 4 is 29.0 Å². The summed E-state index contributed by atoms with van der Waals surface area (Å²) in [6.07, 6.45) is 3.24. The Labute approximate surface area is 231 Å². The normalized spacial score (nSPS) is 44.3. The molecule has 9 atom stereocenters. The fraction of sp³-hybridized carbons (Fsp3) is 0.600. The topological polar surface area (TPSA) is 76.1 Å². The Morgan fingerprint density at radius 3 is 2.64 bits per heavy atom. The van der Waals surface area contributed by atoms with Crippen LogP contribution in [0.3, 0.4) is 0 Å². The molecular formula is C30H34ClF2NO5. The van der Waals surface area contributed by atoms with Gasteiger partial charge >= 0.3 is 5.97 Å². The van der Waals surface area contributed by atoms with Gasteiger partial charge in [0, 0.05) is 27.7 Å². The van der Waals surface area contributed by atoms with Crippen LogP contribution in [0.5, 0.6) is 0 Å². The van der Waals surface area contributed by atoms with Gasteiger partial charge in [0.25, 0.3) is 0 Å². The third kappa shape index (κ3) is 3.43. The summed E-state index contributed by atoms with van der Waals surface area (Å²) < 4.78 is 34.5. The highest BCUT2D eigenvalue weighted by molar-refractivity contribution is 6.30. The molecule has 1 aromatic carbocycles. The van der Waals surface area contributed by atoms with Gasteiger partial charge in [-0.05, 0) is 72.6 Å². The number of hydrogen-bond donors (Lipinski definition) is 1. The SMILES string of the molecule is CC12C=CC(=O)C=C1C(F)CC1C2C(O)CC2(C)C1(C)CC1CN(c3ccc(Cl)cc3)OC12C(=O)OCCF. The lowest BCUT2D eigenvalue weighted by atomic mass is 9.41. The zero-order chi connectivity index (χ0) is 28.0. The summed E-state index contributed by atoms with van der Waals surface area (Å²) >= 11 is 6.09. The Bertz CT molecular complexity index is 1270. The first kappa shape index (κ1) is 26.9. The number of rotatable bonds is 4. The number of carbonyl (C=O) groups is 2. The molecule has 1 heterocycles. The van der Waals surface area contributed by atoms with E-state index in [4.69, 9.17) is 21.2 Å². The minimum absolute atomic E-state index is 0.138. The number of anilines is 1. The van der Waals surface area contributed by atoms with Gasteiger partial charge in [0.15, 0.2) is 5.78 Å². The van der Waals surface area contributed by atoms with Gasteiger partial charge in [-0.2, -0.15) is 0 Å². The van der Waals surface area contributed by atoms with Crippen LogP contribution in [-0.2, 0) is 19.2 Å². The largest absolute Gasteiger partial charge is 0.461 e. The molecule has 4 fully saturated rings. The second-order valence-electron chi connectivity index (χ2n) is 12.6. The number of aliphatic hydroxyl groups excluding tert-OH is 1. The minimum atomic E-state index is -1.50. The second-order valence-corrected chi connectivity index (χ2v) is 13.0. The molecule has 1 saturated heterocycles. The molecule has 6 nitrogen and oxygen atoms in total. The molecule has 210 valence electrons. The Kier molecular flexibility index (Phi) is 6.11. The monoisotopic (exact) mass is 561 g/mol. The van der Waals surface area contributed by atoms with Crippen molar-refractivity contribution < 1.29 is 33.1 Å². The average Bonchev–Trinajstić information content (AvgIpc) is 3.35. The number of ketones is 1. The quantitative estimate of drug-likeness (QED) is 0.510. The van der Waals surface area contributed by atoms with Crippen molar-refractivity contribution in [3.8, 4) is 0 Å². The van der Waals surface area contributed by atoms with Crippen LogP contribution in [0.25, 0.3) is 0 Å². The van der Waals surface area contributed by atoms with Crippen LogP contribution in [0.2, 0.25) is 5.02 Å². The first-order valence-corrected chi connectivity index (χ1v) is 14.0. The molecule has 39 heavy (non-hydrogen) atoms. The number of benzene rings is 1. The molecule has 4 aliphatic carbocycles. The molecule has 9 unspecified atom stereocenters. The van der Waals surface area contributed by atoms with Crippen molar-refractivity contribution in [1.29, 1.82) is 0 Å². The summed E-state index contributed by atoms with van der Waals surface area (Å²) in [4.78, 5) is 32.7. The highest BCUT2D eigenvalue weighted by atomic mass is 35.5. The summed E-state index contributed by atoms with van der Waals surface area (Å²) in [6.45, 7) is 5.09. The number of aliphatic hydroxyl groups is 1. The lowest BCUT2D eigenvalue weighted by Crippen LogP contribution is -2.67. The summed E-state index contributed by atoms with van der Waals surface area (Å²) in [5.74, 6) is -1.88. The number of alkyl halides is 2. The molecule has 1 aromatic rings. The zero-order valence-electron chi connectivity index (χ0n) is 22.3. The molecule has 3 saturated carbocycles. The second kappa shape index (κ2) is 8.85. The van der Waals surface area contributed by atoms with Crippen LogP contribution in [0.15, 0.2) is 48.1 Å². The van der Waals surface area contributed by atoms with Crippen LogP contribution >= 0.6 is 11.6 Å². The maximum Gasteiger partial charge on any atom is 0.342 e. The number of carbonyl (C=O) groups excluding carboxylic acids is 2. The van der Waals surface area contributed by atoms with Gasteiger partial charge < -0.3 is 9.84 Å². The Morgan fingerprint density at radius 1 is 1.23 bits per heavy atom. The van der Waals surface area contributed by atoms with E-state index < -0.39 is 53.4 Å². The number of ether oxygens (including phenoxy) is 1. The Morgan fingerprint density at radius 2 is 1.95 bits per heavy atom. The van der Waals surface area contributed by atoms with Crippen molar-refractivity contribution in [3.63, 3.8) is 0 Å². The van der Waals surface area contributed by atoms with E-state index in [9.17, 15) is 19.1 Å². The summed E-state index contributed by atoms with van der Waals surface area (Å²) in [5, 5.41) is 14.1. The molecule has 1 N–H and O–H groups in total. The molecule has 0 amide bonds. The number of hydrogen-bond acceptors (Lipinski definition) is 6. The van der Waals surface area contributed by atoms with E-state index in [0.717, 1.165) is 0 Å². The van der Waals surface area contributed by atoms with E-state index in [1.165, 1.54) is 12.2 Å². The van der Waals surface area contributed by atoms with Crippen molar-refractivity contribution in [2.45, 2.75) is 57.9 Å². The van der Waals surface area contributed by atoms with Crippen LogP contribution in [-0.4, -0.2) is 54.6 Å². The maximum atomic E-state index is 15.9. The van der Waals surface area contributed by atoms with Crippen molar-refractivity contribution in [2.24, 2.45) is 34.0 Å². The standard InChI is InChI=1S/C30H34ClF2NO5/c1-27-9-8-20(35)12-21(27)23(33)13-22-25(27)24(36)15-29(3)28(22,2)14-17-16-34(19-6-4-18(31)5-7-19)39-30(17,29)26(37)38-11-10-32/h4-9,12,17,22-25,36H,10-11,13-16H2,1-3H3. The van der Waals surface area contributed by atoms with E-state index >= 15 is 4.39 Å². The highest BCUT2D eigenvalue weighted by Crippen LogP contribution is 2.76. The first-order chi connectivity index (χ1) is 18.4. The van der Waals surface area contributed by atoms with Gasteiger partial charge in [-0.15, -0.1) is 0 Å². The molecule has 0 aromatic heterocycles. The molecule has 0 radical (unpaired) electrons. The van der Waals surface area contributed by atoms with Crippen LogP contribution in [0.4, 0.5) is 14.5 Å². The van der Waals surface area contributed by atoms with Crippen LogP contribution in [0.1, 0.15) is 40.0 Å². The van der Waals surface area contributed by atoms with Gasteiger partial charge in [-0.1, -0.05) is 38.4 Å². The summed E-state index contributed by atoms with van der Waals surface area (Å²) in [6, 6.07) is 7.08. The van der Waals surface area contributed by atoms with Gasteiger partial charge in [-0.3, -0.25) is 14.7 Å². The molecular weight excluding hydrogens is 528 g/mol. The van der Waals surface area contributed by atoms with E-state index in [1.807, 2.05) is 13.8 Å². The van der Waals surface area contributed by atoms with Gasteiger partial charge in [-0.25, -0.2) is 13.6 Å².